The van der Waals surface area contributed by atoms with Gasteiger partial charge in [0, 0.05) is 22.8 Å². The minimum atomic E-state index is 0.407. The van der Waals surface area contributed by atoms with Gasteiger partial charge in [-0.25, -0.2) is 4.98 Å². The zero-order valence-corrected chi connectivity index (χ0v) is 9.74. The monoisotopic (exact) mass is 254 g/mol. The highest BCUT2D eigenvalue weighted by Crippen LogP contribution is 2.21. The van der Waals surface area contributed by atoms with Crippen LogP contribution in [0, 0.1) is 0 Å². The molecule has 1 heterocycles. The van der Waals surface area contributed by atoms with Gasteiger partial charge in [0.1, 0.15) is 5.69 Å². The highest BCUT2D eigenvalue weighted by atomic mass is 35.5. The number of aromatic nitrogens is 2. The zero-order valence-electron chi connectivity index (χ0n) is 8.23. The number of hydrogen-bond acceptors (Lipinski definition) is 2. The zero-order chi connectivity index (χ0) is 11.5. The van der Waals surface area contributed by atoms with Gasteiger partial charge in [-0.15, -0.1) is 0 Å². The van der Waals surface area contributed by atoms with Gasteiger partial charge < -0.3 is 4.57 Å². The fourth-order valence-electron chi connectivity index (χ4n) is 1.37. The third-order valence-corrected chi connectivity index (χ3v) is 2.73. The number of halogens is 2. The molecule has 0 aliphatic rings. The Labute approximate surface area is 103 Å². The van der Waals surface area contributed by atoms with E-state index in [4.69, 9.17) is 23.2 Å². The van der Waals surface area contributed by atoms with Gasteiger partial charge in [0.2, 0.25) is 0 Å². The number of carbonyl (C=O) groups excluding carboxylic acids is 1. The van der Waals surface area contributed by atoms with E-state index in [-0.39, 0.29) is 0 Å². The summed E-state index contributed by atoms with van der Waals surface area (Å²) in [6, 6.07) is 5.32. The summed E-state index contributed by atoms with van der Waals surface area (Å²) < 4.78 is 1.79. The Balaban J connectivity index is 2.23. The molecule has 16 heavy (non-hydrogen) atoms. The van der Waals surface area contributed by atoms with Crippen molar-refractivity contribution in [2.24, 2.45) is 0 Å². The van der Waals surface area contributed by atoms with E-state index < -0.39 is 0 Å². The van der Waals surface area contributed by atoms with Gasteiger partial charge in [0.05, 0.1) is 6.33 Å². The molecule has 0 unspecified atom stereocenters. The molecule has 82 valence electrons. The molecule has 0 saturated carbocycles. The van der Waals surface area contributed by atoms with Crippen molar-refractivity contribution < 1.29 is 4.79 Å². The summed E-state index contributed by atoms with van der Waals surface area (Å²) in [6.45, 7) is 0.566. The Morgan fingerprint density at radius 3 is 2.81 bits per heavy atom. The second kappa shape index (κ2) is 4.68. The van der Waals surface area contributed by atoms with Crippen LogP contribution >= 0.6 is 23.2 Å². The Hall–Kier alpha value is -1.32. The van der Waals surface area contributed by atoms with Crippen LogP contribution in [0.5, 0.6) is 0 Å². The first kappa shape index (κ1) is 11.2. The van der Waals surface area contributed by atoms with Crippen LogP contribution in [0.3, 0.4) is 0 Å². The molecule has 3 nitrogen and oxygen atoms in total. The summed E-state index contributed by atoms with van der Waals surface area (Å²) in [5.74, 6) is 0. The lowest BCUT2D eigenvalue weighted by Crippen LogP contribution is -1.97. The van der Waals surface area contributed by atoms with Crippen LogP contribution in [-0.4, -0.2) is 15.8 Å². The van der Waals surface area contributed by atoms with Crippen LogP contribution in [0.15, 0.2) is 30.7 Å². The predicted octanol–water partition coefficient (Wildman–Crippen LogP) is 3.05. The molecule has 0 atom stereocenters. The lowest BCUT2D eigenvalue weighted by molar-refractivity contribution is 0.111. The predicted molar refractivity (Wildman–Crippen MR) is 63.2 cm³/mol. The molecule has 0 fully saturated rings. The van der Waals surface area contributed by atoms with Crippen molar-refractivity contribution in [1.29, 1.82) is 0 Å². The number of aldehydes is 1. The van der Waals surface area contributed by atoms with E-state index >= 15 is 0 Å². The number of nitrogens with zero attached hydrogens (tertiary/aromatic N) is 2. The van der Waals surface area contributed by atoms with Crippen LogP contribution < -0.4 is 0 Å². The van der Waals surface area contributed by atoms with Crippen LogP contribution in [-0.2, 0) is 6.54 Å². The summed E-state index contributed by atoms with van der Waals surface area (Å²) in [5, 5.41) is 1.21. The summed E-state index contributed by atoms with van der Waals surface area (Å²) in [7, 11) is 0. The molecular weight excluding hydrogens is 247 g/mol. The molecule has 0 amide bonds. The fraction of sp³-hybridized carbons (Fsp3) is 0.0909. The second-order valence-corrected chi connectivity index (χ2v) is 4.17. The minimum Gasteiger partial charge on any atom is -0.332 e. The first-order valence-electron chi connectivity index (χ1n) is 4.60. The fourth-order valence-corrected chi connectivity index (χ4v) is 1.84. The van der Waals surface area contributed by atoms with Gasteiger partial charge in [-0.1, -0.05) is 29.3 Å². The van der Waals surface area contributed by atoms with E-state index in [9.17, 15) is 4.79 Å². The van der Waals surface area contributed by atoms with Crippen LogP contribution in [0.1, 0.15) is 16.1 Å². The number of carbonyl (C=O) groups is 1. The lowest BCUT2D eigenvalue weighted by Gasteiger charge is -2.05. The van der Waals surface area contributed by atoms with E-state index in [1.54, 1.807) is 29.2 Å². The molecule has 1 aromatic heterocycles. The van der Waals surface area contributed by atoms with Gasteiger partial charge in [-0.2, -0.15) is 0 Å². The molecule has 0 N–H and O–H groups in total. The van der Waals surface area contributed by atoms with Crippen LogP contribution in [0.25, 0.3) is 0 Å². The smallest absolute Gasteiger partial charge is 0.169 e. The number of benzene rings is 1. The summed E-state index contributed by atoms with van der Waals surface area (Å²) >= 11 is 11.8. The van der Waals surface area contributed by atoms with E-state index in [1.807, 2.05) is 6.07 Å². The van der Waals surface area contributed by atoms with E-state index in [2.05, 4.69) is 4.98 Å². The normalized spacial score (nSPS) is 10.4. The second-order valence-electron chi connectivity index (χ2n) is 3.32. The van der Waals surface area contributed by atoms with Crippen molar-refractivity contribution in [3.8, 4) is 0 Å². The molecule has 0 spiro atoms. The molecule has 1 aromatic carbocycles. The van der Waals surface area contributed by atoms with E-state index in [1.165, 1.54) is 0 Å². The highest BCUT2D eigenvalue weighted by molar-refractivity contribution is 6.35. The maximum atomic E-state index is 10.5. The molecule has 0 aliphatic heterocycles. The maximum Gasteiger partial charge on any atom is 0.169 e. The molecule has 0 aliphatic carbocycles. The average molecular weight is 255 g/mol. The van der Waals surface area contributed by atoms with Gasteiger partial charge >= 0.3 is 0 Å². The first-order chi connectivity index (χ1) is 7.69. The summed E-state index contributed by atoms with van der Waals surface area (Å²) in [4.78, 5) is 14.4. The quantitative estimate of drug-likeness (QED) is 0.790. The first-order valence-corrected chi connectivity index (χ1v) is 5.35. The maximum absolute atomic E-state index is 10.5. The van der Waals surface area contributed by atoms with Gasteiger partial charge in [-0.05, 0) is 17.7 Å². The van der Waals surface area contributed by atoms with Crippen LogP contribution in [0.4, 0.5) is 0 Å². The molecular formula is C11H8Cl2N2O. The standard InChI is InChI=1S/C11H8Cl2N2O/c12-9-2-1-8(11(13)3-9)4-15-5-10(6-16)14-7-15/h1-3,5-7H,4H2. The number of imidazole rings is 1. The molecule has 5 heteroatoms. The molecule has 2 aromatic rings. The number of hydrogen-bond donors (Lipinski definition) is 0. The molecule has 2 rings (SSSR count). The minimum absolute atomic E-state index is 0.407. The third-order valence-electron chi connectivity index (χ3n) is 2.14. The van der Waals surface area contributed by atoms with E-state index in [0.717, 1.165) is 5.56 Å². The molecule has 0 saturated heterocycles. The van der Waals surface area contributed by atoms with Crippen molar-refractivity contribution in [1.82, 2.24) is 9.55 Å². The largest absolute Gasteiger partial charge is 0.332 e. The highest BCUT2D eigenvalue weighted by Gasteiger charge is 2.03. The van der Waals surface area contributed by atoms with Crippen LogP contribution in [0.2, 0.25) is 10.0 Å². The average Bonchev–Trinajstić information content (AvgIpc) is 2.70. The summed E-state index contributed by atoms with van der Waals surface area (Å²) in [6.07, 6.45) is 3.96. The van der Waals surface area contributed by atoms with Gasteiger partial charge in [0.15, 0.2) is 6.29 Å². The van der Waals surface area contributed by atoms with Gasteiger partial charge in [0.25, 0.3) is 0 Å². The molecule has 0 bridgehead atoms. The Kier molecular flexibility index (Phi) is 3.27. The Morgan fingerprint density at radius 2 is 2.19 bits per heavy atom. The van der Waals surface area contributed by atoms with Crippen molar-refractivity contribution in [3.63, 3.8) is 0 Å². The Bertz CT molecular complexity index is 522. The SMILES string of the molecule is O=Cc1cn(Cc2ccc(Cl)cc2Cl)cn1. The van der Waals surface area contributed by atoms with Crippen molar-refractivity contribution in [2.45, 2.75) is 6.54 Å². The third kappa shape index (κ3) is 2.43. The van der Waals surface area contributed by atoms with Crippen molar-refractivity contribution in [2.75, 3.05) is 0 Å². The molecule has 0 radical (unpaired) electrons. The topological polar surface area (TPSA) is 34.9 Å². The number of rotatable bonds is 3. The Morgan fingerprint density at radius 1 is 1.38 bits per heavy atom. The van der Waals surface area contributed by atoms with Crippen molar-refractivity contribution in [3.05, 3.63) is 52.0 Å². The van der Waals surface area contributed by atoms with Crippen molar-refractivity contribution >= 4 is 29.5 Å². The lowest BCUT2D eigenvalue weighted by atomic mass is 10.2. The summed E-state index contributed by atoms with van der Waals surface area (Å²) in [5.41, 5.74) is 1.34. The van der Waals surface area contributed by atoms with Gasteiger partial charge in [-0.3, -0.25) is 4.79 Å². The van der Waals surface area contributed by atoms with E-state index in [0.29, 0.717) is 28.6 Å².